The van der Waals surface area contributed by atoms with E-state index >= 15 is 0 Å². The Morgan fingerprint density at radius 2 is 2.13 bits per heavy atom. The first kappa shape index (κ1) is 17.5. The number of carbonyl (C=O) groups is 1. The minimum atomic E-state index is 0. The predicted octanol–water partition coefficient (Wildman–Crippen LogP) is 2.05. The average Bonchev–Trinajstić information content (AvgIpc) is 3.03. The highest BCUT2D eigenvalue weighted by Gasteiger charge is 2.22. The average molecular weight is 335 g/mol. The van der Waals surface area contributed by atoms with Gasteiger partial charge in [0.1, 0.15) is 0 Å². The summed E-state index contributed by atoms with van der Waals surface area (Å²) in [5, 5.41) is 7.68. The number of halogens is 1. The monoisotopic (exact) mass is 334 g/mol. The summed E-state index contributed by atoms with van der Waals surface area (Å²) in [5.74, 6) is 0.237. The second kappa shape index (κ2) is 8.13. The highest BCUT2D eigenvalue weighted by molar-refractivity contribution is 5.85. The lowest BCUT2D eigenvalue weighted by Gasteiger charge is -2.34. The molecule has 2 heterocycles. The zero-order valence-electron chi connectivity index (χ0n) is 13.3. The summed E-state index contributed by atoms with van der Waals surface area (Å²) in [6, 6.07) is 10.3. The molecule has 0 bridgehead atoms. The second-order valence-electron chi connectivity index (χ2n) is 5.77. The third-order valence-corrected chi connectivity index (χ3v) is 4.11. The van der Waals surface area contributed by atoms with Gasteiger partial charge in [0, 0.05) is 38.3 Å². The summed E-state index contributed by atoms with van der Waals surface area (Å²) in [7, 11) is 0. The van der Waals surface area contributed by atoms with E-state index in [9.17, 15) is 4.79 Å². The molecule has 6 heteroatoms. The summed E-state index contributed by atoms with van der Waals surface area (Å²) in [6.45, 7) is 4.68. The molecule has 5 nitrogen and oxygen atoms in total. The molecule has 1 aromatic heterocycles. The van der Waals surface area contributed by atoms with E-state index in [0.29, 0.717) is 6.42 Å². The van der Waals surface area contributed by atoms with Crippen LogP contribution >= 0.6 is 12.4 Å². The number of aryl methyl sites for hydroxylation is 1. The number of rotatable bonds is 4. The van der Waals surface area contributed by atoms with Crippen LogP contribution in [0.4, 0.5) is 0 Å². The summed E-state index contributed by atoms with van der Waals surface area (Å²) in [5.41, 5.74) is 2.13. The van der Waals surface area contributed by atoms with Crippen molar-refractivity contribution in [2.24, 2.45) is 0 Å². The molecular formula is C17H23ClN4O. The molecule has 0 spiro atoms. The van der Waals surface area contributed by atoms with Crippen molar-refractivity contribution in [2.75, 3.05) is 19.6 Å². The van der Waals surface area contributed by atoms with Crippen molar-refractivity contribution in [2.45, 2.75) is 25.8 Å². The Morgan fingerprint density at radius 3 is 2.87 bits per heavy atom. The van der Waals surface area contributed by atoms with E-state index in [1.807, 2.05) is 52.3 Å². The predicted molar refractivity (Wildman–Crippen MR) is 93.2 cm³/mol. The van der Waals surface area contributed by atoms with Crippen molar-refractivity contribution in [1.82, 2.24) is 20.0 Å². The molecule has 2 aromatic rings. The zero-order chi connectivity index (χ0) is 15.4. The lowest BCUT2D eigenvalue weighted by Crippen LogP contribution is -2.52. The molecule has 1 atom stereocenters. The molecule has 1 aliphatic rings. The van der Waals surface area contributed by atoms with Gasteiger partial charge in [0.25, 0.3) is 0 Å². The Morgan fingerprint density at radius 1 is 1.35 bits per heavy atom. The molecule has 1 amide bonds. The first-order chi connectivity index (χ1) is 10.7. The van der Waals surface area contributed by atoms with Crippen LogP contribution < -0.4 is 5.32 Å². The molecule has 3 rings (SSSR count). The number of hydrogen-bond donors (Lipinski definition) is 1. The largest absolute Gasteiger partial charge is 0.337 e. The van der Waals surface area contributed by atoms with E-state index in [-0.39, 0.29) is 24.4 Å². The quantitative estimate of drug-likeness (QED) is 0.931. The maximum Gasteiger partial charge on any atom is 0.223 e. The van der Waals surface area contributed by atoms with Crippen molar-refractivity contribution in [3.8, 4) is 5.69 Å². The van der Waals surface area contributed by atoms with Crippen LogP contribution in [0.2, 0.25) is 0 Å². The number of para-hydroxylation sites is 1. The first-order valence-corrected chi connectivity index (χ1v) is 7.83. The molecule has 124 valence electrons. The van der Waals surface area contributed by atoms with Crippen LogP contribution in [0, 0.1) is 0 Å². The lowest BCUT2D eigenvalue weighted by molar-refractivity contribution is -0.133. The van der Waals surface area contributed by atoms with Gasteiger partial charge in [-0.1, -0.05) is 18.2 Å². The Balaban J connectivity index is 0.00000192. The number of aromatic nitrogens is 2. The van der Waals surface area contributed by atoms with Gasteiger partial charge in [0.05, 0.1) is 11.9 Å². The van der Waals surface area contributed by atoms with Crippen molar-refractivity contribution in [3.63, 3.8) is 0 Å². The van der Waals surface area contributed by atoms with Crippen LogP contribution in [0.15, 0.2) is 42.7 Å². The van der Waals surface area contributed by atoms with Crippen LogP contribution in [0.1, 0.15) is 18.9 Å². The number of nitrogens with one attached hydrogen (secondary N) is 1. The zero-order valence-corrected chi connectivity index (χ0v) is 14.1. The van der Waals surface area contributed by atoms with Crippen LogP contribution in [0.5, 0.6) is 0 Å². The normalized spacial score (nSPS) is 17.6. The fourth-order valence-electron chi connectivity index (χ4n) is 2.82. The molecule has 23 heavy (non-hydrogen) atoms. The van der Waals surface area contributed by atoms with Gasteiger partial charge in [-0.15, -0.1) is 12.4 Å². The van der Waals surface area contributed by atoms with Crippen LogP contribution in [0.25, 0.3) is 5.69 Å². The molecule has 0 aliphatic carbocycles. The molecule has 1 fully saturated rings. The van der Waals surface area contributed by atoms with Gasteiger partial charge in [0.2, 0.25) is 5.91 Å². The van der Waals surface area contributed by atoms with E-state index in [0.717, 1.165) is 37.3 Å². The summed E-state index contributed by atoms with van der Waals surface area (Å²) < 4.78 is 1.85. The number of nitrogens with zero attached hydrogens (tertiary/aromatic N) is 3. The number of carbonyl (C=O) groups excluding carboxylic acids is 1. The Kier molecular flexibility index (Phi) is 6.19. The van der Waals surface area contributed by atoms with Crippen molar-refractivity contribution in [1.29, 1.82) is 0 Å². The van der Waals surface area contributed by atoms with E-state index < -0.39 is 0 Å². The fourth-order valence-corrected chi connectivity index (χ4v) is 2.82. The highest BCUT2D eigenvalue weighted by Crippen LogP contribution is 2.11. The van der Waals surface area contributed by atoms with Crippen molar-refractivity contribution < 1.29 is 4.79 Å². The number of amides is 1. The van der Waals surface area contributed by atoms with Gasteiger partial charge in [-0.25, -0.2) is 4.68 Å². The summed E-state index contributed by atoms with van der Waals surface area (Å²) in [6.07, 6.45) is 5.14. The minimum absolute atomic E-state index is 0. The summed E-state index contributed by atoms with van der Waals surface area (Å²) >= 11 is 0. The van der Waals surface area contributed by atoms with Gasteiger partial charge in [0.15, 0.2) is 0 Å². The van der Waals surface area contributed by atoms with Crippen molar-refractivity contribution in [3.05, 3.63) is 48.3 Å². The van der Waals surface area contributed by atoms with E-state index in [1.54, 1.807) is 0 Å². The Bertz CT molecular complexity index is 629. The molecule has 0 radical (unpaired) electrons. The number of benzene rings is 1. The molecule has 1 N–H and O–H groups in total. The fraction of sp³-hybridized carbons (Fsp3) is 0.412. The maximum absolute atomic E-state index is 12.3. The SMILES string of the molecule is C[C@H]1CNCCN1C(=O)CCc1cnn(-c2ccccc2)c1.Cl. The van der Waals surface area contributed by atoms with E-state index in [4.69, 9.17) is 0 Å². The van der Waals surface area contributed by atoms with Gasteiger partial charge < -0.3 is 10.2 Å². The molecular weight excluding hydrogens is 312 g/mol. The molecule has 1 aliphatic heterocycles. The molecule has 0 unspecified atom stereocenters. The second-order valence-corrected chi connectivity index (χ2v) is 5.77. The summed E-state index contributed by atoms with van der Waals surface area (Å²) in [4.78, 5) is 14.3. The third-order valence-electron chi connectivity index (χ3n) is 4.11. The van der Waals surface area contributed by atoms with Crippen molar-refractivity contribution >= 4 is 18.3 Å². The third kappa shape index (κ3) is 4.33. The smallest absolute Gasteiger partial charge is 0.223 e. The molecule has 1 saturated heterocycles. The maximum atomic E-state index is 12.3. The van der Waals surface area contributed by atoms with Gasteiger partial charge in [-0.2, -0.15) is 5.10 Å². The van der Waals surface area contributed by atoms with Gasteiger partial charge in [-0.3, -0.25) is 4.79 Å². The number of piperazine rings is 1. The topological polar surface area (TPSA) is 50.2 Å². The first-order valence-electron chi connectivity index (χ1n) is 7.83. The van der Waals surface area contributed by atoms with Crippen LogP contribution in [0.3, 0.4) is 0 Å². The Hall–Kier alpha value is -1.85. The lowest BCUT2D eigenvalue weighted by atomic mass is 10.1. The van der Waals surface area contributed by atoms with Gasteiger partial charge in [-0.05, 0) is 31.0 Å². The van der Waals surface area contributed by atoms with Crippen LogP contribution in [-0.2, 0) is 11.2 Å². The minimum Gasteiger partial charge on any atom is -0.337 e. The molecule has 0 saturated carbocycles. The molecule has 1 aromatic carbocycles. The Labute approximate surface area is 143 Å². The highest BCUT2D eigenvalue weighted by atomic mass is 35.5. The standard InChI is InChI=1S/C17H22N4O.ClH/c1-14-11-18-9-10-20(14)17(22)8-7-15-12-19-21(13-15)16-5-3-2-4-6-16;/h2-6,12-14,18H,7-11H2,1H3;1H/t14-;/m0./s1. The van der Waals surface area contributed by atoms with E-state index in [1.165, 1.54) is 0 Å². The van der Waals surface area contributed by atoms with E-state index in [2.05, 4.69) is 17.3 Å². The van der Waals surface area contributed by atoms with Crippen LogP contribution in [-0.4, -0.2) is 46.3 Å². The number of hydrogen-bond acceptors (Lipinski definition) is 3. The van der Waals surface area contributed by atoms with Gasteiger partial charge >= 0.3 is 0 Å².